The molecule has 2 aromatic carbocycles. The third kappa shape index (κ3) is 5.28. The number of nitrogens with zero attached hydrogens (tertiary/aromatic N) is 3. The molecule has 0 bridgehead atoms. The van der Waals surface area contributed by atoms with E-state index in [2.05, 4.69) is 27.3 Å². The van der Waals surface area contributed by atoms with Gasteiger partial charge in [-0.1, -0.05) is 12.6 Å². The highest BCUT2D eigenvalue weighted by atomic mass is 19.1. The fraction of sp³-hybridized carbons (Fsp3) is 0.207. The van der Waals surface area contributed by atoms with E-state index in [1.165, 1.54) is 49.0 Å². The lowest BCUT2D eigenvalue weighted by atomic mass is 9.97. The number of fused-ring (bicyclic) bond motifs is 1. The number of carbonyl (C=O) groups is 3. The molecule has 10 nitrogen and oxygen atoms in total. The topological polar surface area (TPSA) is 141 Å². The second kappa shape index (κ2) is 10.7. The number of ketones is 1. The highest BCUT2D eigenvalue weighted by Gasteiger charge is 2.43. The zero-order valence-corrected chi connectivity index (χ0v) is 22.6. The third-order valence-electron chi connectivity index (χ3n) is 6.86. The summed E-state index contributed by atoms with van der Waals surface area (Å²) in [6.45, 7) is 4.10. The molecular weight excluding hydrogens is 553 g/mol. The number of ether oxygens (including phenoxy) is 1. The van der Waals surface area contributed by atoms with Crippen molar-refractivity contribution in [3.05, 3.63) is 72.1 Å². The number of carbonyl (C=O) groups excluding carboxylic acids is 3. The van der Waals surface area contributed by atoms with Crippen molar-refractivity contribution in [1.29, 1.82) is 0 Å². The van der Waals surface area contributed by atoms with Crippen LogP contribution in [0.25, 0.3) is 27.9 Å². The molecule has 4 aromatic rings. The van der Waals surface area contributed by atoms with E-state index in [4.69, 9.17) is 10.5 Å². The van der Waals surface area contributed by atoms with Crippen molar-refractivity contribution in [2.75, 3.05) is 24.7 Å². The summed E-state index contributed by atoms with van der Waals surface area (Å²) in [4.78, 5) is 41.0. The summed E-state index contributed by atoms with van der Waals surface area (Å²) in [6, 6.07) is 8.16. The number of amides is 2. The van der Waals surface area contributed by atoms with Gasteiger partial charge in [0.2, 0.25) is 0 Å². The largest absolute Gasteiger partial charge is 0.496 e. The second-order valence-electron chi connectivity index (χ2n) is 9.87. The number of nitrogens with two attached hydrogens (primary N) is 1. The van der Waals surface area contributed by atoms with E-state index in [1.807, 2.05) is 0 Å². The SMILES string of the molecule is C=C(F)C(=O)Nc1ccc(-c2nn3c(C(C)=O)cnc(N)c3c2-c2ccc(C(=O)NCC3(F)CC3)c(OC)c2)c(F)c1. The fourth-order valence-corrected chi connectivity index (χ4v) is 4.44. The molecule has 1 fully saturated rings. The third-order valence-corrected chi connectivity index (χ3v) is 6.86. The lowest BCUT2D eigenvalue weighted by Crippen LogP contribution is -2.31. The van der Waals surface area contributed by atoms with E-state index in [0.29, 0.717) is 18.4 Å². The molecule has 0 unspecified atom stereocenters. The van der Waals surface area contributed by atoms with Gasteiger partial charge in [-0.3, -0.25) is 14.4 Å². The number of halogens is 3. The average molecular weight is 579 g/mol. The molecule has 2 heterocycles. The molecule has 2 amide bonds. The number of rotatable bonds is 9. The van der Waals surface area contributed by atoms with Crippen LogP contribution >= 0.6 is 0 Å². The zero-order valence-electron chi connectivity index (χ0n) is 22.6. The maximum atomic E-state index is 15.5. The summed E-state index contributed by atoms with van der Waals surface area (Å²) in [7, 11) is 1.35. The van der Waals surface area contributed by atoms with Crippen LogP contribution in [-0.2, 0) is 4.79 Å². The molecular formula is C29H25F3N6O4. The molecule has 216 valence electrons. The Morgan fingerprint density at radius 1 is 1.19 bits per heavy atom. The van der Waals surface area contributed by atoms with Gasteiger partial charge in [0.15, 0.2) is 11.6 Å². The minimum Gasteiger partial charge on any atom is -0.496 e. The van der Waals surface area contributed by atoms with Crippen molar-refractivity contribution >= 4 is 34.6 Å². The van der Waals surface area contributed by atoms with E-state index < -0.39 is 29.1 Å². The molecule has 0 spiro atoms. The van der Waals surface area contributed by atoms with Crippen LogP contribution in [0.4, 0.5) is 24.7 Å². The summed E-state index contributed by atoms with van der Waals surface area (Å²) in [6.07, 6.45) is 2.01. The molecule has 4 N–H and O–H groups in total. The lowest BCUT2D eigenvalue weighted by Gasteiger charge is -2.13. The van der Waals surface area contributed by atoms with Crippen molar-refractivity contribution < 1.29 is 32.3 Å². The fourth-order valence-electron chi connectivity index (χ4n) is 4.44. The molecule has 5 rings (SSSR count). The van der Waals surface area contributed by atoms with Crippen LogP contribution in [0.15, 0.2) is 55.0 Å². The Bertz CT molecular complexity index is 1800. The van der Waals surface area contributed by atoms with Gasteiger partial charge in [0.1, 0.15) is 40.0 Å². The molecule has 0 saturated heterocycles. The number of alkyl halides is 1. The number of nitrogens with one attached hydrogen (secondary N) is 2. The first-order chi connectivity index (χ1) is 19.9. The van der Waals surface area contributed by atoms with Crippen molar-refractivity contribution in [1.82, 2.24) is 19.9 Å². The van der Waals surface area contributed by atoms with Crippen molar-refractivity contribution in [3.8, 4) is 28.1 Å². The van der Waals surface area contributed by atoms with E-state index in [1.54, 1.807) is 6.07 Å². The van der Waals surface area contributed by atoms with E-state index in [-0.39, 0.29) is 63.2 Å². The molecule has 42 heavy (non-hydrogen) atoms. The standard InChI is InChI=1S/C29H25F3N6O4/c1-14(30)27(40)36-17-5-7-18(20(31)11-17)24-23(25-26(33)34-12-21(15(2)39)38(25)37-24)16-4-6-19(22(10-16)42-3)28(41)35-13-29(32)8-9-29/h4-7,10-12H,1,8-9,13H2,2-3H3,(H2,33,34)(H,35,41)(H,36,40). The monoisotopic (exact) mass is 578 g/mol. The number of hydrogen-bond acceptors (Lipinski definition) is 7. The van der Waals surface area contributed by atoms with E-state index >= 15 is 4.39 Å². The van der Waals surface area contributed by atoms with E-state index in [0.717, 1.165) is 6.07 Å². The first-order valence-electron chi connectivity index (χ1n) is 12.7. The van der Waals surface area contributed by atoms with Crippen molar-refractivity contribution in [2.24, 2.45) is 0 Å². The Morgan fingerprint density at radius 2 is 1.93 bits per heavy atom. The summed E-state index contributed by atoms with van der Waals surface area (Å²) in [5.74, 6) is -4.01. The smallest absolute Gasteiger partial charge is 0.283 e. The Morgan fingerprint density at radius 3 is 2.55 bits per heavy atom. The van der Waals surface area contributed by atoms with Crippen LogP contribution in [0, 0.1) is 5.82 Å². The predicted octanol–water partition coefficient (Wildman–Crippen LogP) is 4.65. The molecule has 1 aliphatic rings. The maximum Gasteiger partial charge on any atom is 0.283 e. The summed E-state index contributed by atoms with van der Waals surface area (Å²) >= 11 is 0. The number of methoxy groups -OCH3 is 1. The predicted molar refractivity (Wildman–Crippen MR) is 149 cm³/mol. The van der Waals surface area contributed by atoms with Crippen LogP contribution in [0.5, 0.6) is 5.75 Å². The quantitative estimate of drug-likeness (QED) is 0.194. The number of anilines is 2. The van der Waals surface area contributed by atoms with Gasteiger partial charge >= 0.3 is 0 Å². The second-order valence-corrected chi connectivity index (χ2v) is 9.87. The van der Waals surface area contributed by atoms with E-state index in [9.17, 15) is 23.2 Å². The van der Waals surface area contributed by atoms with Gasteiger partial charge in [-0.05, 0) is 48.7 Å². The average Bonchev–Trinajstić information content (AvgIpc) is 3.56. The van der Waals surface area contributed by atoms with Gasteiger partial charge < -0.3 is 21.1 Å². The van der Waals surface area contributed by atoms with Crippen molar-refractivity contribution in [3.63, 3.8) is 0 Å². The lowest BCUT2D eigenvalue weighted by molar-refractivity contribution is -0.114. The molecule has 0 radical (unpaired) electrons. The first-order valence-corrected chi connectivity index (χ1v) is 12.7. The number of hydrogen-bond donors (Lipinski definition) is 3. The molecule has 2 aromatic heterocycles. The highest BCUT2D eigenvalue weighted by Crippen LogP contribution is 2.41. The number of nitrogen functional groups attached to an aromatic ring is 1. The normalized spacial score (nSPS) is 13.5. The Labute approximate surface area is 237 Å². The molecule has 1 aliphatic carbocycles. The van der Waals surface area contributed by atoms with Gasteiger partial charge in [-0.2, -0.15) is 5.10 Å². The molecule has 0 atom stereocenters. The summed E-state index contributed by atoms with van der Waals surface area (Å²) < 4.78 is 49.5. The number of Topliss-reactive ketones (excluding diaryl/α,β-unsaturated/α-hetero) is 1. The number of aromatic nitrogens is 3. The number of benzene rings is 2. The van der Waals surface area contributed by atoms with Crippen LogP contribution in [-0.4, -0.2) is 51.5 Å². The van der Waals surface area contributed by atoms with Gasteiger partial charge in [0.05, 0.1) is 25.4 Å². The first kappa shape index (κ1) is 28.3. The van der Waals surface area contributed by atoms with Gasteiger partial charge in [0, 0.05) is 23.7 Å². The maximum absolute atomic E-state index is 15.5. The van der Waals surface area contributed by atoms with Crippen LogP contribution in [0.2, 0.25) is 0 Å². The van der Waals surface area contributed by atoms with Gasteiger partial charge in [-0.25, -0.2) is 22.7 Å². The van der Waals surface area contributed by atoms with Gasteiger partial charge in [0.25, 0.3) is 11.8 Å². The van der Waals surface area contributed by atoms with Crippen LogP contribution < -0.4 is 21.1 Å². The minimum atomic E-state index is -1.39. The summed E-state index contributed by atoms with van der Waals surface area (Å²) in [5, 5.41) is 9.27. The Hall–Kier alpha value is -5.20. The zero-order chi connectivity index (χ0) is 30.3. The molecule has 1 saturated carbocycles. The highest BCUT2D eigenvalue weighted by molar-refractivity contribution is 6.03. The van der Waals surface area contributed by atoms with Crippen LogP contribution in [0.3, 0.4) is 0 Å². The Kier molecular flexibility index (Phi) is 7.19. The Balaban J connectivity index is 1.67. The summed E-state index contributed by atoms with van der Waals surface area (Å²) in [5.41, 5.74) is 5.87. The van der Waals surface area contributed by atoms with Crippen LogP contribution in [0.1, 0.15) is 40.6 Å². The molecule has 13 heteroatoms. The van der Waals surface area contributed by atoms with Gasteiger partial charge in [-0.15, -0.1) is 0 Å². The van der Waals surface area contributed by atoms with Crippen molar-refractivity contribution in [2.45, 2.75) is 25.4 Å². The minimum absolute atomic E-state index is 0.0158. The molecule has 0 aliphatic heterocycles.